The Morgan fingerprint density at radius 1 is 1.23 bits per heavy atom. The zero-order chi connectivity index (χ0) is 17.9. The first kappa shape index (κ1) is 17.2. The van der Waals surface area contributed by atoms with E-state index in [1.165, 1.54) is 0 Å². The normalized spacial score (nSPS) is 20.2. The van der Waals surface area contributed by atoms with Crippen molar-refractivity contribution < 1.29 is 0 Å². The third kappa shape index (κ3) is 3.81. The van der Waals surface area contributed by atoms with E-state index in [1.807, 2.05) is 28.9 Å². The van der Waals surface area contributed by atoms with Gasteiger partial charge in [0.15, 0.2) is 5.65 Å². The Labute approximate surface area is 160 Å². The molecule has 0 aliphatic heterocycles. The molecule has 8 heteroatoms. The predicted octanol–water partition coefficient (Wildman–Crippen LogP) is 3.18. The Morgan fingerprint density at radius 2 is 2.08 bits per heavy atom. The van der Waals surface area contributed by atoms with Gasteiger partial charge in [-0.3, -0.25) is 4.98 Å². The first-order chi connectivity index (χ1) is 12.7. The van der Waals surface area contributed by atoms with E-state index >= 15 is 0 Å². The molecule has 3 aromatic heterocycles. The van der Waals surface area contributed by atoms with Gasteiger partial charge in [-0.05, 0) is 53.2 Å². The first-order valence-electron chi connectivity index (χ1n) is 8.88. The summed E-state index contributed by atoms with van der Waals surface area (Å²) in [5.74, 6) is 1.74. The lowest BCUT2D eigenvalue weighted by molar-refractivity contribution is 0.410. The molecule has 0 unspecified atom stereocenters. The molecule has 0 bridgehead atoms. The number of fused-ring (bicyclic) bond motifs is 1. The van der Waals surface area contributed by atoms with E-state index in [-0.39, 0.29) is 0 Å². The molecule has 1 aliphatic rings. The molecule has 4 rings (SSSR count). The van der Waals surface area contributed by atoms with Crippen LogP contribution in [0.4, 0.5) is 11.6 Å². The summed E-state index contributed by atoms with van der Waals surface area (Å²) >= 11 is 3.54. The number of pyridine rings is 1. The highest BCUT2D eigenvalue weighted by atomic mass is 79.9. The van der Waals surface area contributed by atoms with Crippen molar-refractivity contribution in [1.29, 1.82) is 0 Å². The summed E-state index contributed by atoms with van der Waals surface area (Å²) < 4.78 is 2.68. The molecular formula is C18H22BrN7. The van der Waals surface area contributed by atoms with E-state index in [0.29, 0.717) is 18.6 Å². The van der Waals surface area contributed by atoms with Crippen LogP contribution in [0.15, 0.2) is 41.3 Å². The van der Waals surface area contributed by atoms with Crippen LogP contribution in [-0.4, -0.2) is 31.7 Å². The number of nitrogens with one attached hydrogen (secondary N) is 2. The Kier molecular flexibility index (Phi) is 5.03. The number of hydrogen-bond donors (Lipinski definition) is 3. The highest BCUT2D eigenvalue weighted by molar-refractivity contribution is 9.10. The monoisotopic (exact) mass is 415 g/mol. The Hall–Kier alpha value is -2.19. The average molecular weight is 416 g/mol. The Bertz CT molecular complexity index is 872. The summed E-state index contributed by atoms with van der Waals surface area (Å²) in [5, 5.41) is 11.4. The number of rotatable bonds is 5. The number of hydrogen-bond acceptors (Lipinski definition) is 6. The Balaban J connectivity index is 1.57. The fourth-order valence-corrected chi connectivity index (χ4v) is 3.65. The number of halogens is 1. The van der Waals surface area contributed by atoms with Crippen LogP contribution in [0.5, 0.6) is 0 Å². The van der Waals surface area contributed by atoms with Gasteiger partial charge in [0, 0.05) is 37.1 Å². The molecule has 0 atom stereocenters. The van der Waals surface area contributed by atoms with Gasteiger partial charge in [0.25, 0.3) is 0 Å². The fourth-order valence-electron chi connectivity index (χ4n) is 3.30. The number of nitrogens with two attached hydrogens (primary N) is 1. The minimum absolute atomic E-state index is 0.337. The molecule has 4 N–H and O–H groups in total. The maximum absolute atomic E-state index is 6.01. The van der Waals surface area contributed by atoms with Crippen molar-refractivity contribution in [3.05, 3.63) is 46.8 Å². The van der Waals surface area contributed by atoms with Gasteiger partial charge in [-0.2, -0.15) is 9.61 Å². The SMILES string of the molecule is N[C@H]1CC[C@@H](Nc2cc(NCc3cccnc3)n3ncc(Br)c3n2)CC1. The lowest BCUT2D eigenvalue weighted by atomic mass is 9.92. The molecule has 26 heavy (non-hydrogen) atoms. The second kappa shape index (κ2) is 7.59. The molecule has 1 aliphatic carbocycles. The molecule has 136 valence electrons. The maximum Gasteiger partial charge on any atom is 0.173 e. The van der Waals surface area contributed by atoms with Crippen molar-refractivity contribution in [1.82, 2.24) is 19.6 Å². The molecule has 1 fully saturated rings. The summed E-state index contributed by atoms with van der Waals surface area (Å²) in [6.45, 7) is 0.669. The van der Waals surface area contributed by atoms with E-state index < -0.39 is 0 Å². The summed E-state index contributed by atoms with van der Waals surface area (Å²) in [6, 6.07) is 6.74. The van der Waals surface area contributed by atoms with E-state index in [1.54, 1.807) is 12.4 Å². The van der Waals surface area contributed by atoms with Crippen molar-refractivity contribution in [2.24, 2.45) is 5.73 Å². The largest absolute Gasteiger partial charge is 0.367 e. The minimum Gasteiger partial charge on any atom is -0.367 e. The van der Waals surface area contributed by atoms with Gasteiger partial charge < -0.3 is 16.4 Å². The van der Waals surface area contributed by atoms with E-state index in [2.05, 4.69) is 36.6 Å². The van der Waals surface area contributed by atoms with Crippen LogP contribution in [0.2, 0.25) is 0 Å². The average Bonchev–Trinajstić information content (AvgIpc) is 3.04. The predicted molar refractivity (Wildman–Crippen MR) is 106 cm³/mol. The fraction of sp³-hybridized carbons (Fsp3) is 0.389. The molecule has 3 aromatic rings. The highest BCUT2D eigenvalue weighted by Crippen LogP contribution is 2.25. The van der Waals surface area contributed by atoms with Gasteiger partial charge >= 0.3 is 0 Å². The van der Waals surface area contributed by atoms with Crippen LogP contribution in [0.3, 0.4) is 0 Å². The molecule has 0 radical (unpaired) electrons. The van der Waals surface area contributed by atoms with E-state index in [9.17, 15) is 0 Å². The number of anilines is 2. The van der Waals surface area contributed by atoms with Crippen LogP contribution < -0.4 is 16.4 Å². The van der Waals surface area contributed by atoms with E-state index in [0.717, 1.165) is 53.0 Å². The minimum atomic E-state index is 0.337. The van der Waals surface area contributed by atoms with Crippen molar-refractivity contribution in [2.75, 3.05) is 10.6 Å². The molecule has 0 spiro atoms. The van der Waals surface area contributed by atoms with Crippen LogP contribution in [0.1, 0.15) is 31.2 Å². The summed E-state index contributed by atoms with van der Waals surface area (Å²) in [6.07, 6.45) is 9.66. The van der Waals surface area contributed by atoms with E-state index in [4.69, 9.17) is 10.7 Å². The Morgan fingerprint density at radius 3 is 2.85 bits per heavy atom. The topological polar surface area (TPSA) is 93.2 Å². The molecule has 0 aromatic carbocycles. The van der Waals surface area contributed by atoms with Crippen LogP contribution in [0, 0.1) is 0 Å². The number of nitrogens with zero attached hydrogens (tertiary/aromatic N) is 4. The summed E-state index contributed by atoms with van der Waals surface area (Å²) in [5.41, 5.74) is 7.91. The molecule has 7 nitrogen and oxygen atoms in total. The number of aromatic nitrogens is 4. The van der Waals surface area contributed by atoms with Gasteiger partial charge in [-0.25, -0.2) is 4.98 Å². The van der Waals surface area contributed by atoms with Crippen LogP contribution >= 0.6 is 15.9 Å². The standard InChI is InChI=1S/C18H22BrN7/c19-15-11-23-26-17(22-10-12-2-1-7-21-9-12)8-16(25-18(15)26)24-14-5-3-13(20)4-6-14/h1-2,7-9,11,13-14,22H,3-6,10,20H2,(H,24,25)/t13-,14+. The van der Waals surface area contributed by atoms with Crippen molar-refractivity contribution >= 4 is 33.2 Å². The van der Waals surface area contributed by atoms with Gasteiger partial charge in [-0.15, -0.1) is 0 Å². The van der Waals surface area contributed by atoms with Gasteiger partial charge in [-0.1, -0.05) is 6.07 Å². The zero-order valence-electron chi connectivity index (χ0n) is 14.4. The smallest absolute Gasteiger partial charge is 0.173 e. The third-order valence-electron chi connectivity index (χ3n) is 4.75. The summed E-state index contributed by atoms with van der Waals surface area (Å²) in [7, 11) is 0. The third-order valence-corrected chi connectivity index (χ3v) is 5.31. The van der Waals surface area contributed by atoms with Gasteiger partial charge in [0.05, 0.1) is 10.7 Å². The highest BCUT2D eigenvalue weighted by Gasteiger charge is 2.19. The van der Waals surface area contributed by atoms with Gasteiger partial charge in [0.1, 0.15) is 11.6 Å². The van der Waals surface area contributed by atoms with Crippen LogP contribution in [-0.2, 0) is 6.54 Å². The van der Waals surface area contributed by atoms with Crippen molar-refractivity contribution in [3.63, 3.8) is 0 Å². The second-order valence-corrected chi connectivity index (χ2v) is 7.58. The van der Waals surface area contributed by atoms with Crippen molar-refractivity contribution in [2.45, 2.75) is 44.3 Å². The summed E-state index contributed by atoms with van der Waals surface area (Å²) in [4.78, 5) is 8.88. The first-order valence-corrected chi connectivity index (χ1v) is 9.67. The van der Waals surface area contributed by atoms with Crippen LogP contribution in [0.25, 0.3) is 5.65 Å². The lowest BCUT2D eigenvalue weighted by Gasteiger charge is -2.27. The lowest BCUT2D eigenvalue weighted by Crippen LogP contribution is -2.33. The molecule has 3 heterocycles. The molecule has 0 saturated heterocycles. The van der Waals surface area contributed by atoms with Crippen molar-refractivity contribution in [3.8, 4) is 0 Å². The quantitative estimate of drug-likeness (QED) is 0.592. The second-order valence-electron chi connectivity index (χ2n) is 6.73. The molecule has 0 amide bonds. The van der Waals surface area contributed by atoms with Gasteiger partial charge in [0.2, 0.25) is 0 Å². The zero-order valence-corrected chi connectivity index (χ0v) is 16.0. The maximum atomic E-state index is 6.01. The molecular weight excluding hydrogens is 394 g/mol. The molecule has 1 saturated carbocycles.